The Morgan fingerprint density at radius 2 is 1.33 bits per heavy atom. The third-order valence-electron chi connectivity index (χ3n) is 8.66. The number of hydrogen-bond donors (Lipinski definition) is 4. The predicted octanol–water partition coefficient (Wildman–Crippen LogP) is 8.99. The smallest absolute Gasteiger partial charge is 0.341 e. The molecule has 5 aromatic carbocycles. The number of benzene rings is 5. The Bertz CT molecular complexity index is 2470. The van der Waals surface area contributed by atoms with Gasteiger partial charge in [-0.1, -0.05) is 91.0 Å². The highest BCUT2D eigenvalue weighted by Crippen LogP contribution is 2.40. The molecule has 1 atom stereocenters. The molecule has 4 N–H and O–H groups in total. The Labute approximate surface area is 343 Å². The molecule has 1 aromatic heterocycles. The lowest BCUT2D eigenvalue weighted by Gasteiger charge is -2.18. The van der Waals surface area contributed by atoms with Gasteiger partial charge >= 0.3 is 5.97 Å². The molecular formula is C45H38N4O7S2. The molecule has 0 bridgehead atoms. The third-order valence-corrected chi connectivity index (χ3v) is 11.1. The van der Waals surface area contributed by atoms with Crippen molar-refractivity contribution >= 4 is 75.1 Å². The molecule has 0 fully saturated rings. The SMILES string of the molecule is COC(=O)c1c(NC(=O)C(Sc2cccc(NC(=O)/C(=C\c3ccccc3OC)NC(=O)c3ccccc3)c2)c2ccccc2)sc(C(=O)Nc2ccccc2)c1C. The lowest BCUT2D eigenvalue weighted by atomic mass is 10.1. The normalized spacial score (nSPS) is 11.5. The van der Waals surface area contributed by atoms with Crippen molar-refractivity contribution in [1.29, 1.82) is 0 Å². The first-order valence-electron chi connectivity index (χ1n) is 17.9. The van der Waals surface area contributed by atoms with Crippen molar-refractivity contribution in [2.45, 2.75) is 17.1 Å². The van der Waals surface area contributed by atoms with Gasteiger partial charge in [-0.25, -0.2) is 4.79 Å². The van der Waals surface area contributed by atoms with E-state index < -0.39 is 34.8 Å². The molecule has 6 aromatic rings. The number of methoxy groups -OCH3 is 2. The topological polar surface area (TPSA) is 152 Å². The zero-order chi connectivity index (χ0) is 41.0. The summed E-state index contributed by atoms with van der Waals surface area (Å²) in [5.41, 5.74) is 3.01. The molecular weight excluding hydrogens is 773 g/mol. The minimum Gasteiger partial charge on any atom is -0.496 e. The van der Waals surface area contributed by atoms with Crippen LogP contribution >= 0.6 is 23.1 Å². The molecule has 0 aliphatic heterocycles. The van der Waals surface area contributed by atoms with E-state index in [1.54, 1.807) is 110 Å². The van der Waals surface area contributed by atoms with Crippen molar-refractivity contribution in [1.82, 2.24) is 5.32 Å². The number of esters is 1. The first kappa shape index (κ1) is 40.7. The number of anilines is 3. The first-order valence-corrected chi connectivity index (χ1v) is 19.6. The van der Waals surface area contributed by atoms with Crippen molar-refractivity contribution in [2.24, 2.45) is 0 Å². The zero-order valence-corrected chi connectivity index (χ0v) is 33.2. The van der Waals surface area contributed by atoms with Gasteiger partial charge in [-0.3, -0.25) is 19.2 Å². The van der Waals surface area contributed by atoms with Gasteiger partial charge in [-0.2, -0.15) is 0 Å². The van der Waals surface area contributed by atoms with Gasteiger partial charge in [0.1, 0.15) is 21.7 Å². The number of thiophene rings is 1. The maximum atomic E-state index is 14.3. The summed E-state index contributed by atoms with van der Waals surface area (Å²) in [6.45, 7) is 1.63. The Kier molecular flexibility index (Phi) is 13.5. The van der Waals surface area contributed by atoms with Crippen LogP contribution in [0.4, 0.5) is 16.4 Å². The minimum absolute atomic E-state index is 0.0255. The molecule has 1 heterocycles. The number of thioether (sulfide) groups is 1. The highest BCUT2D eigenvalue weighted by atomic mass is 32.2. The quantitative estimate of drug-likeness (QED) is 0.0484. The number of ether oxygens (including phenoxy) is 2. The summed E-state index contributed by atoms with van der Waals surface area (Å²) in [4.78, 5) is 68.6. The molecule has 11 nitrogen and oxygen atoms in total. The summed E-state index contributed by atoms with van der Waals surface area (Å²) < 4.78 is 10.5. The van der Waals surface area contributed by atoms with E-state index in [1.807, 2.05) is 36.4 Å². The largest absolute Gasteiger partial charge is 0.496 e. The van der Waals surface area contributed by atoms with Crippen LogP contribution in [0.2, 0.25) is 0 Å². The van der Waals surface area contributed by atoms with E-state index >= 15 is 0 Å². The van der Waals surface area contributed by atoms with E-state index in [4.69, 9.17) is 9.47 Å². The molecule has 6 rings (SSSR count). The lowest BCUT2D eigenvalue weighted by molar-refractivity contribution is -0.116. The predicted molar refractivity (Wildman–Crippen MR) is 228 cm³/mol. The summed E-state index contributed by atoms with van der Waals surface area (Å²) in [6, 6.07) is 40.6. The van der Waals surface area contributed by atoms with Crippen molar-refractivity contribution < 1.29 is 33.4 Å². The van der Waals surface area contributed by atoms with Crippen molar-refractivity contribution in [3.63, 3.8) is 0 Å². The summed E-state index contributed by atoms with van der Waals surface area (Å²) in [6.07, 6.45) is 1.54. The molecule has 0 radical (unpaired) electrons. The van der Waals surface area contributed by atoms with Crippen LogP contribution in [-0.2, 0) is 14.3 Å². The average molecular weight is 811 g/mol. The van der Waals surface area contributed by atoms with Crippen LogP contribution in [0.25, 0.3) is 6.08 Å². The van der Waals surface area contributed by atoms with E-state index in [1.165, 1.54) is 32.1 Å². The van der Waals surface area contributed by atoms with E-state index in [9.17, 15) is 24.0 Å². The lowest BCUT2D eigenvalue weighted by Crippen LogP contribution is -2.30. The highest BCUT2D eigenvalue weighted by molar-refractivity contribution is 8.00. The fourth-order valence-corrected chi connectivity index (χ4v) is 8.00. The van der Waals surface area contributed by atoms with Crippen molar-refractivity contribution in [3.05, 3.63) is 178 Å². The molecule has 0 spiro atoms. The fourth-order valence-electron chi connectivity index (χ4n) is 5.82. The van der Waals surface area contributed by atoms with Crippen LogP contribution in [-0.4, -0.2) is 43.8 Å². The van der Waals surface area contributed by atoms with E-state index in [0.717, 1.165) is 11.3 Å². The summed E-state index contributed by atoms with van der Waals surface area (Å²) in [5.74, 6) is -2.16. The maximum Gasteiger partial charge on any atom is 0.341 e. The van der Waals surface area contributed by atoms with Crippen molar-refractivity contribution in [3.8, 4) is 5.75 Å². The van der Waals surface area contributed by atoms with Gasteiger partial charge in [0, 0.05) is 27.4 Å². The van der Waals surface area contributed by atoms with Gasteiger partial charge in [0.15, 0.2) is 0 Å². The second-order valence-electron chi connectivity index (χ2n) is 12.6. The minimum atomic E-state index is -0.840. The highest BCUT2D eigenvalue weighted by Gasteiger charge is 2.30. The van der Waals surface area contributed by atoms with Gasteiger partial charge in [0.05, 0.1) is 24.7 Å². The van der Waals surface area contributed by atoms with Crippen LogP contribution in [0.1, 0.15) is 52.3 Å². The molecule has 1 unspecified atom stereocenters. The van der Waals surface area contributed by atoms with Crippen LogP contribution in [0.3, 0.4) is 0 Å². The van der Waals surface area contributed by atoms with Gasteiger partial charge in [-0.05, 0) is 72.7 Å². The molecule has 292 valence electrons. The van der Waals surface area contributed by atoms with Crippen LogP contribution in [0.15, 0.2) is 150 Å². The van der Waals surface area contributed by atoms with E-state index in [0.29, 0.717) is 44.3 Å². The van der Waals surface area contributed by atoms with Crippen LogP contribution in [0.5, 0.6) is 5.75 Å². The van der Waals surface area contributed by atoms with E-state index in [2.05, 4.69) is 21.3 Å². The monoisotopic (exact) mass is 810 g/mol. The molecule has 0 aliphatic carbocycles. The Balaban J connectivity index is 1.26. The Morgan fingerprint density at radius 1 is 0.690 bits per heavy atom. The van der Waals surface area contributed by atoms with Crippen LogP contribution < -0.4 is 26.0 Å². The van der Waals surface area contributed by atoms with Gasteiger partial charge < -0.3 is 30.7 Å². The number of para-hydroxylation sites is 2. The molecule has 58 heavy (non-hydrogen) atoms. The molecule has 13 heteroatoms. The number of carbonyl (C=O) groups is 5. The average Bonchev–Trinajstić information content (AvgIpc) is 3.58. The number of rotatable bonds is 14. The zero-order valence-electron chi connectivity index (χ0n) is 31.6. The first-order chi connectivity index (χ1) is 28.1. The van der Waals surface area contributed by atoms with Crippen molar-refractivity contribution in [2.75, 3.05) is 30.2 Å². The number of nitrogens with one attached hydrogen (secondary N) is 4. The van der Waals surface area contributed by atoms with Crippen LogP contribution in [0, 0.1) is 6.92 Å². The number of carbonyl (C=O) groups excluding carboxylic acids is 5. The van der Waals surface area contributed by atoms with E-state index in [-0.39, 0.29) is 21.1 Å². The molecule has 0 aliphatic rings. The summed E-state index contributed by atoms with van der Waals surface area (Å²) in [7, 11) is 2.75. The van der Waals surface area contributed by atoms with Gasteiger partial charge in [-0.15, -0.1) is 23.1 Å². The number of amides is 4. The molecule has 0 saturated heterocycles. The summed E-state index contributed by atoms with van der Waals surface area (Å²) >= 11 is 2.20. The third kappa shape index (κ3) is 10.1. The van der Waals surface area contributed by atoms with Gasteiger partial charge in [0.25, 0.3) is 17.7 Å². The van der Waals surface area contributed by atoms with Gasteiger partial charge in [0.2, 0.25) is 5.91 Å². The Morgan fingerprint density at radius 3 is 2.02 bits per heavy atom. The standard InChI is InChI=1S/C45H38N4O7S2/c1-28-37(45(54)56-3)44(58-38(28)42(52)46-32-21-11-6-12-22-32)49-43(53)39(29-16-7-4-8-17-29)57-34-24-15-23-33(27-34)47-41(51)35(26-31-20-13-14-25-36(31)55-2)48-40(50)30-18-9-5-10-19-30/h4-27,39H,1-3H3,(H,46,52)(H,47,51)(H,48,50)(H,49,53)/b35-26+. The second-order valence-corrected chi connectivity index (χ2v) is 14.8. The molecule has 4 amide bonds. The Hall–Kier alpha value is -6.96. The fraction of sp³-hybridized carbons (Fsp3) is 0.0889. The summed E-state index contributed by atoms with van der Waals surface area (Å²) in [5, 5.41) is 10.7. The number of hydrogen-bond acceptors (Lipinski definition) is 9. The molecule has 0 saturated carbocycles. The second kappa shape index (κ2) is 19.3. The maximum absolute atomic E-state index is 14.3.